The first-order valence-corrected chi connectivity index (χ1v) is 5.41. The molecule has 0 aliphatic heterocycles. The van der Waals surface area contributed by atoms with E-state index in [1.54, 1.807) is 0 Å². The normalized spacial score (nSPS) is 11.2. The average Bonchev–Trinajstić information content (AvgIpc) is 2.10. The molecule has 0 aliphatic rings. The van der Waals surface area contributed by atoms with Crippen LogP contribution < -0.4 is 16.6 Å². The number of hydrogen-bond acceptors (Lipinski definition) is 4. The largest absolute Gasteiger partial charge is 0.377 e. The fourth-order valence-corrected chi connectivity index (χ4v) is 1.61. The topological polar surface area (TPSA) is 101 Å². The summed E-state index contributed by atoms with van der Waals surface area (Å²) in [6, 6.07) is 0. The van der Waals surface area contributed by atoms with Gasteiger partial charge in [0.1, 0.15) is 4.47 Å². The van der Waals surface area contributed by atoms with E-state index in [1.165, 1.54) is 6.20 Å². The lowest BCUT2D eigenvalue weighted by Gasteiger charge is -2.26. The number of anilines is 1. The lowest BCUT2D eigenvalue weighted by Crippen LogP contribution is -2.36. The van der Waals surface area contributed by atoms with Gasteiger partial charge >= 0.3 is 0 Å². The number of carbonyl (C=O) groups is 1. The monoisotopic (exact) mass is 288 g/mol. The zero-order valence-electron chi connectivity index (χ0n) is 9.00. The summed E-state index contributed by atoms with van der Waals surface area (Å²) in [5, 5.41) is 8.97. The van der Waals surface area contributed by atoms with Crippen LogP contribution in [0, 0.1) is 0 Å². The van der Waals surface area contributed by atoms with Crippen LogP contribution in [-0.2, 0) is 4.79 Å². The van der Waals surface area contributed by atoms with Crippen LogP contribution in [0.1, 0.15) is 20.3 Å². The molecule has 6 nitrogen and oxygen atoms in total. The maximum atomic E-state index is 11.3. The van der Waals surface area contributed by atoms with Crippen molar-refractivity contribution in [2.75, 3.05) is 5.32 Å². The van der Waals surface area contributed by atoms with Crippen LogP contribution in [0.3, 0.4) is 0 Å². The molecule has 7 heteroatoms. The number of carbonyl (C=O) groups excluding carboxylic acids is 1. The highest BCUT2D eigenvalue weighted by Crippen LogP contribution is 2.22. The first-order valence-electron chi connectivity index (χ1n) is 4.61. The molecule has 1 aromatic rings. The summed E-state index contributed by atoms with van der Waals surface area (Å²) >= 11 is 3.14. The maximum Gasteiger partial charge on any atom is 0.280 e. The lowest BCUT2D eigenvalue weighted by atomic mass is 10.00. The van der Waals surface area contributed by atoms with Crippen LogP contribution in [0.15, 0.2) is 15.5 Å². The van der Waals surface area contributed by atoms with Crippen LogP contribution in [0.25, 0.3) is 0 Å². The molecule has 88 valence electrons. The van der Waals surface area contributed by atoms with E-state index >= 15 is 0 Å². The van der Waals surface area contributed by atoms with Crippen molar-refractivity contribution in [2.24, 2.45) is 5.73 Å². The quantitative estimate of drug-likeness (QED) is 0.755. The van der Waals surface area contributed by atoms with Gasteiger partial charge in [0.15, 0.2) is 0 Å². The number of rotatable bonds is 4. The summed E-state index contributed by atoms with van der Waals surface area (Å²) in [6.45, 7) is 3.62. The van der Waals surface area contributed by atoms with Crippen LogP contribution in [-0.4, -0.2) is 21.6 Å². The van der Waals surface area contributed by atoms with E-state index in [9.17, 15) is 9.59 Å². The average molecular weight is 289 g/mol. The third-order valence-electron chi connectivity index (χ3n) is 1.88. The standard InChI is InChI=1S/C9H13BrN4O2/c1-9(2,3-6(11)15)13-5-4-12-14-8(16)7(5)10/h4H,3H2,1-2H3,(H2,11,15)(H2,13,14,16). The van der Waals surface area contributed by atoms with E-state index in [1.807, 2.05) is 13.8 Å². The van der Waals surface area contributed by atoms with Gasteiger partial charge in [0.25, 0.3) is 5.56 Å². The Kier molecular flexibility index (Phi) is 3.69. The summed E-state index contributed by atoms with van der Waals surface area (Å²) in [5.41, 5.74) is 4.78. The third-order valence-corrected chi connectivity index (χ3v) is 2.67. The number of aromatic nitrogens is 2. The highest BCUT2D eigenvalue weighted by atomic mass is 79.9. The molecule has 0 unspecified atom stereocenters. The Bertz CT molecular complexity index is 455. The molecule has 0 atom stereocenters. The molecule has 0 aliphatic carbocycles. The lowest BCUT2D eigenvalue weighted by molar-refractivity contribution is -0.118. The van der Waals surface area contributed by atoms with E-state index in [2.05, 4.69) is 31.4 Å². The van der Waals surface area contributed by atoms with Crippen molar-refractivity contribution in [2.45, 2.75) is 25.8 Å². The second kappa shape index (κ2) is 4.65. The Morgan fingerprint density at radius 1 is 1.69 bits per heavy atom. The smallest absolute Gasteiger partial charge is 0.280 e. The Hall–Kier alpha value is -1.37. The van der Waals surface area contributed by atoms with E-state index in [4.69, 9.17) is 5.73 Å². The molecule has 4 N–H and O–H groups in total. The predicted molar refractivity (Wildman–Crippen MR) is 64.1 cm³/mol. The Balaban J connectivity index is 2.92. The molecule has 0 bridgehead atoms. The molecular formula is C9H13BrN4O2. The molecule has 0 fully saturated rings. The minimum absolute atomic E-state index is 0.159. The van der Waals surface area contributed by atoms with Crippen molar-refractivity contribution in [1.29, 1.82) is 0 Å². The van der Waals surface area contributed by atoms with Crippen LogP contribution in [0.2, 0.25) is 0 Å². The molecule has 1 amide bonds. The Morgan fingerprint density at radius 2 is 2.31 bits per heavy atom. The SMILES string of the molecule is CC(C)(CC(N)=O)Nc1cn[nH]c(=O)c1Br. The van der Waals surface area contributed by atoms with Crippen LogP contribution in [0.5, 0.6) is 0 Å². The van der Waals surface area contributed by atoms with Gasteiger partial charge in [0, 0.05) is 12.0 Å². The van der Waals surface area contributed by atoms with Crippen molar-refractivity contribution in [1.82, 2.24) is 10.2 Å². The van der Waals surface area contributed by atoms with E-state index in [-0.39, 0.29) is 12.0 Å². The second-order valence-electron chi connectivity index (χ2n) is 4.08. The molecule has 0 saturated carbocycles. The van der Waals surface area contributed by atoms with Gasteiger partial charge in [-0.3, -0.25) is 9.59 Å². The number of H-pyrrole nitrogens is 1. The third kappa shape index (κ3) is 3.34. The fourth-order valence-electron chi connectivity index (χ4n) is 1.31. The van der Waals surface area contributed by atoms with Crippen LogP contribution >= 0.6 is 15.9 Å². The molecule has 0 spiro atoms. The number of hydrogen-bond donors (Lipinski definition) is 3. The molecule has 1 rings (SSSR count). The van der Waals surface area contributed by atoms with Crippen molar-refractivity contribution < 1.29 is 4.79 Å². The zero-order chi connectivity index (χ0) is 12.3. The molecule has 1 heterocycles. The predicted octanol–water partition coefficient (Wildman–Crippen LogP) is 0.598. The van der Waals surface area contributed by atoms with E-state index < -0.39 is 11.4 Å². The summed E-state index contributed by atoms with van der Waals surface area (Å²) in [5.74, 6) is -0.411. The second-order valence-corrected chi connectivity index (χ2v) is 4.87. The van der Waals surface area contributed by atoms with Gasteiger partial charge < -0.3 is 11.1 Å². The molecular weight excluding hydrogens is 276 g/mol. The number of aromatic amines is 1. The first kappa shape index (κ1) is 12.7. The van der Waals surface area contributed by atoms with Crippen molar-refractivity contribution in [3.8, 4) is 0 Å². The molecule has 0 aromatic carbocycles. The molecule has 1 aromatic heterocycles. The minimum atomic E-state index is -0.538. The van der Waals surface area contributed by atoms with E-state index in [0.717, 1.165) is 0 Å². The highest BCUT2D eigenvalue weighted by molar-refractivity contribution is 9.10. The number of nitrogens with one attached hydrogen (secondary N) is 2. The molecule has 0 radical (unpaired) electrons. The summed E-state index contributed by atoms with van der Waals surface area (Å²) < 4.78 is 0.347. The van der Waals surface area contributed by atoms with Gasteiger partial charge in [-0.05, 0) is 29.8 Å². The minimum Gasteiger partial charge on any atom is -0.377 e. The van der Waals surface area contributed by atoms with Crippen molar-refractivity contribution in [3.05, 3.63) is 21.0 Å². The zero-order valence-corrected chi connectivity index (χ0v) is 10.6. The summed E-state index contributed by atoms with van der Waals surface area (Å²) in [4.78, 5) is 22.1. The Morgan fingerprint density at radius 3 is 2.88 bits per heavy atom. The van der Waals surface area contributed by atoms with Crippen molar-refractivity contribution >= 4 is 27.5 Å². The van der Waals surface area contributed by atoms with Gasteiger partial charge in [0.2, 0.25) is 5.91 Å². The number of halogens is 1. The fraction of sp³-hybridized carbons (Fsp3) is 0.444. The summed E-state index contributed by atoms with van der Waals surface area (Å²) in [6.07, 6.45) is 1.63. The van der Waals surface area contributed by atoms with Crippen molar-refractivity contribution in [3.63, 3.8) is 0 Å². The van der Waals surface area contributed by atoms with Gasteiger partial charge in [0.05, 0.1) is 11.9 Å². The number of nitrogens with zero attached hydrogens (tertiary/aromatic N) is 1. The van der Waals surface area contributed by atoms with Gasteiger partial charge in [-0.25, -0.2) is 5.10 Å². The Labute approximate surface area is 101 Å². The molecule has 16 heavy (non-hydrogen) atoms. The van der Waals surface area contributed by atoms with Crippen LogP contribution in [0.4, 0.5) is 5.69 Å². The maximum absolute atomic E-state index is 11.3. The van der Waals surface area contributed by atoms with Gasteiger partial charge in [-0.1, -0.05) is 0 Å². The summed E-state index contributed by atoms with van der Waals surface area (Å²) in [7, 11) is 0. The van der Waals surface area contributed by atoms with Gasteiger partial charge in [-0.2, -0.15) is 5.10 Å². The first-order chi connectivity index (χ1) is 7.32. The molecule has 0 saturated heterocycles. The number of amides is 1. The van der Waals surface area contributed by atoms with E-state index in [0.29, 0.717) is 10.2 Å². The number of nitrogens with two attached hydrogens (primary N) is 1. The highest BCUT2D eigenvalue weighted by Gasteiger charge is 2.21. The van der Waals surface area contributed by atoms with Gasteiger partial charge in [-0.15, -0.1) is 0 Å². The number of primary amides is 1.